The van der Waals surface area contributed by atoms with E-state index in [2.05, 4.69) is 9.97 Å². The fourth-order valence-corrected chi connectivity index (χ4v) is 2.32. The molecule has 5 heteroatoms. The van der Waals surface area contributed by atoms with Crippen molar-refractivity contribution < 1.29 is 13.9 Å². The van der Waals surface area contributed by atoms with Gasteiger partial charge in [-0.2, -0.15) is 0 Å². The first kappa shape index (κ1) is 13.4. The van der Waals surface area contributed by atoms with Crippen molar-refractivity contribution in [2.24, 2.45) is 0 Å². The number of benzene rings is 2. The minimum Gasteiger partial charge on any atom is -0.493 e. The predicted molar refractivity (Wildman–Crippen MR) is 78.4 cm³/mol. The summed E-state index contributed by atoms with van der Waals surface area (Å²) < 4.78 is 24.1. The van der Waals surface area contributed by atoms with Crippen LogP contribution in [0.2, 0.25) is 0 Å². The number of hydrogen-bond acceptors (Lipinski definition) is 3. The number of ether oxygens (including phenoxy) is 2. The summed E-state index contributed by atoms with van der Waals surface area (Å²) in [4.78, 5) is 7.43. The number of nitrogens with one attached hydrogen (secondary N) is 1. The van der Waals surface area contributed by atoms with Crippen LogP contribution in [0.25, 0.3) is 11.0 Å². The van der Waals surface area contributed by atoms with Gasteiger partial charge < -0.3 is 14.5 Å². The van der Waals surface area contributed by atoms with Crippen molar-refractivity contribution in [1.82, 2.24) is 9.97 Å². The van der Waals surface area contributed by atoms with E-state index in [4.69, 9.17) is 9.47 Å². The van der Waals surface area contributed by atoms with Gasteiger partial charge in [0.2, 0.25) is 0 Å². The average Bonchev–Trinajstić information content (AvgIpc) is 2.91. The average molecular weight is 286 g/mol. The van der Waals surface area contributed by atoms with Crippen LogP contribution in [-0.2, 0) is 6.42 Å². The largest absolute Gasteiger partial charge is 0.493 e. The molecule has 1 aromatic heterocycles. The quantitative estimate of drug-likeness (QED) is 0.800. The van der Waals surface area contributed by atoms with E-state index >= 15 is 0 Å². The first-order valence-corrected chi connectivity index (χ1v) is 6.55. The zero-order valence-corrected chi connectivity index (χ0v) is 11.8. The summed E-state index contributed by atoms with van der Waals surface area (Å²) in [5.41, 5.74) is 2.07. The maximum Gasteiger partial charge on any atom is 0.161 e. The summed E-state index contributed by atoms with van der Waals surface area (Å²) >= 11 is 0. The number of methoxy groups -OCH3 is 2. The summed E-state index contributed by atoms with van der Waals surface area (Å²) in [5, 5.41) is 0. The molecule has 0 radical (unpaired) electrons. The van der Waals surface area contributed by atoms with Gasteiger partial charge in [-0.25, -0.2) is 9.37 Å². The second kappa shape index (κ2) is 5.44. The molecular weight excluding hydrogens is 271 g/mol. The molecule has 0 saturated heterocycles. The third kappa shape index (κ3) is 2.54. The van der Waals surface area contributed by atoms with Crippen LogP contribution in [0.5, 0.6) is 11.5 Å². The molecule has 21 heavy (non-hydrogen) atoms. The summed E-state index contributed by atoms with van der Waals surface area (Å²) in [6, 6.07) is 10.5. The molecule has 4 nitrogen and oxygen atoms in total. The highest BCUT2D eigenvalue weighted by Crippen LogP contribution is 2.28. The third-order valence-electron chi connectivity index (χ3n) is 3.33. The number of imidazole rings is 1. The molecule has 0 aliphatic heterocycles. The molecule has 3 rings (SSSR count). The SMILES string of the molecule is COc1ccc(Cc2nc3c(F)cccc3[nH]2)cc1OC. The molecule has 0 spiro atoms. The molecule has 0 atom stereocenters. The molecule has 1 N–H and O–H groups in total. The van der Waals surface area contributed by atoms with Crippen molar-refractivity contribution in [2.45, 2.75) is 6.42 Å². The Morgan fingerprint density at radius 1 is 1.10 bits per heavy atom. The molecule has 2 aromatic carbocycles. The molecule has 3 aromatic rings. The van der Waals surface area contributed by atoms with Crippen LogP contribution in [-0.4, -0.2) is 24.2 Å². The van der Waals surface area contributed by atoms with E-state index in [0.29, 0.717) is 34.8 Å². The normalized spacial score (nSPS) is 10.8. The van der Waals surface area contributed by atoms with Crippen molar-refractivity contribution in [3.8, 4) is 11.5 Å². The van der Waals surface area contributed by atoms with E-state index in [1.807, 2.05) is 24.3 Å². The molecule has 108 valence electrons. The Bertz CT molecular complexity index is 783. The van der Waals surface area contributed by atoms with Gasteiger partial charge in [0.1, 0.15) is 11.3 Å². The zero-order valence-electron chi connectivity index (χ0n) is 11.8. The number of fused-ring (bicyclic) bond motifs is 1. The maximum atomic E-state index is 13.6. The van der Waals surface area contributed by atoms with E-state index in [1.165, 1.54) is 6.07 Å². The lowest BCUT2D eigenvalue weighted by atomic mass is 10.1. The summed E-state index contributed by atoms with van der Waals surface area (Å²) in [7, 11) is 3.19. The number of H-pyrrole nitrogens is 1. The molecule has 0 saturated carbocycles. The Morgan fingerprint density at radius 3 is 2.62 bits per heavy atom. The first-order chi connectivity index (χ1) is 10.2. The molecule has 0 fully saturated rings. The molecule has 0 aliphatic carbocycles. The molecule has 1 heterocycles. The fourth-order valence-electron chi connectivity index (χ4n) is 2.32. The van der Waals surface area contributed by atoms with Gasteiger partial charge >= 0.3 is 0 Å². The topological polar surface area (TPSA) is 47.1 Å². The van der Waals surface area contributed by atoms with E-state index < -0.39 is 0 Å². The van der Waals surface area contributed by atoms with Crippen LogP contribution in [0.1, 0.15) is 11.4 Å². The number of halogens is 1. The van der Waals surface area contributed by atoms with Gasteiger partial charge in [-0.05, 0) is 29.8 Å². The first-order valence-electron chi connectivity index (χ1n) is 6.55. The van der Waals surface area contributed by atoms with Gasteiger partial charge in [0.05, 0.1) is 19.7 Å². The number of aromatic amines is 1. The number of aromatic nitrogens is 2. The van der Waals surface area contributed by atoms with E-state index in [9.17, 15) is 4.39 Å². The van der Waals surface area contributed by atoms with E-state index in [0.717, 1.165) is 5.56 Å². The summed E-state index contributed by atoms with van der Waals surface area (Å²) in [6.45, 7) is 0. The summed E-state index contributed by atoms with van der Waals surface area (Å²) in [6.07, 6.45) is 0.564. The smallest absolute Gasteiger partial charge is 0.161 e. The van der Waals surface area contributed by atoms with Crippen LogP contribution in [0, 0.1) is 5.82 Å². The molecule has 0 unspecified atom stereocenters. The lowest BCUT2D eigenvalue weighted by molar-refractivity contribution is 0.354. The van der Waals surface area contributed by atoms with Crippen LogP contribution < -0.4 is 9.47 Å². The molecular formula is C16H15FN2O2. The van der Waals surface area contributed by atoms with Gasteiger partial charge in [0, 0.05) is 6.42 Å². The number of para-hydroxylation sites is 1. The Labute approximate surface area is 121 Å². The number of nitrogens with zero attached hydrogens (tertiary/aromatic N) is 1. The van der Waals surface area contributed by atoms with Crippen LogP contribution in [0.3, 0.4) is 0 Å². The van der Waals surface area contributed by atoms with Crippen molar-refractivity contribution in [3.63, 3.8) is 0 Å². The maximum absolute atomic E-state index is 13.6. The highest BCUT2D eigenvalue weighted by Gasteiger charge is 2.09. The predicted octanol–water partition coefficient (Wildman–Crippen LogP) is 3.31. The van der Waals surface area contributed by atoms with Gasteiger partial charge in [-0.1, -0.05) is 12.1 Å². The Kier molecular flexibility index (Phi) is 3.48. The Hall–Kier alpha value is -2.56. The molecule has 0 bridgehead atoms. The lowest BCUT2D eigenvalue weighted by Crippen LogP contribution is -1.95. The highest BCUT2D eigenvalue weighted by atomic mass is 19.1. The zero-order chi connectivity index (χ0) is 14.8. The third-order valence-corrected chi connectivity index (χ3v) is 3.33. The van der Waals surface area contributed by atoms with Crippen LogP contribution in [0.15, 0.2) is 36.4 Å². The molecule has 0 amide bonds. The Balaban J connectivity index is 1.93. The number of hydrogen-bond donors (Lipinski definition) is 1. The second-order valence-electron chi connectivity index (χ2n) is 4.69. The van der Waals surface area contributed by atoms with Crippen LogP contribution in [0.4, 0.5) is 4.39 Å². The van der Waals surface area contributed by atoms with Gasteiger partial charge in [0.25, 0.3) is 0 Å². The molecule has 0 aliphatic rings. The lowest BCUT2D eigenvalue weighted by Gasteiger charge is -2.08. The minimum atomic E-state index is -0.317. The van der Waals surface area contributed by atoms with Gasteiger partial charge in [-0.3, -0.25) is 0 Å². The van der Waals surface area contributed by atoms with Gasteiger partial charge in [0.15, 0.2) is 17.3 Å². The van der Waals surface area contributed by atoms with E-state index in [-0.39, 0.29) is 5.82 Å². The monoisotopic (exact) mass is 286 g/mol. The van der Waals surface area contributed by atoms with Crippen LogP contribution >= 0.6 is 0 Å². The second-order valence-corrected chi connectivity index (χ2v) is 4.69. The number of rotatable bonds is 4. The van der Waals surface area contributed by atoms with Gasteiger partial charge in [-0.15, -0.1) is 0 Å². The van der Waals surface area contributed by atoms with E-state index in [1.54, 1.807) is 20.3 Å². The van der Waals surface area contributed by atoms with Crippen molar-refractivity contribution in [3.05, 3.63) is 53.6 Å². The van der Waals surface area contributed by atoms with Crippen molar-refractivity contribution in [1.29, 1.82) is 0 Å². The highest BCUT2D eigenvalue weighted by molar-refractivity contribution is 5.75. The Morgan fingerprint density at radius 2 is 1.90 bits per heavy atom. The fraction of sp³-hybridized carbons (Fsp3) is 0.188. The summed E-state index contributed by atoms with van der Waals surface area (Å²) in [5.74, 6) is 1.74. The van der Waals surface area contributed by atoms with Crippen molar-refractivity contribution in [2.75, 3.05) is 14.2 Å². The van der Waals surface area contributed by atoms with Crippen molar-refractivity contribution >= 4 is 11.0 Å². The minimum absolute atomic E-state index is 0.317. The standard InChI is InChI=1S/C16H15FN2O2/c1-20-13-7-6-10(8-14(13)21-2)9-15-18-12-5-3-4-11(17)16(12)19-15/h3-8H,9H2,1-2H3,(H,18,19).